The number of rotatable bonds is 5. The molecule has 1 heterocycles. The van der Waals surface area contributed by atoms with Crippen LogP contribution in [0.2, 0.25) is 0 Å². The largest absolute Gasteiger partial charge is 0.495 e. The highest BCUT2D eigenvalue weighted by atomic mass is 16.5. The number of aromatic nitrogens is 2. The second-order valence-corrected chi connectivity index (χ2v) is 5.99. The van der Waals surface area contributed by atoms with Crippen molar-refractivity contribution in [3.63, 3.8) is 0 Å². The minimum atomic E-state index is 0.525. The van der Waals surface area contributed by atoms with Crippen molar-refractivity contribution in [2.75, 3.05) is 17.7 Å². The Morgan fingerprint density at radius 1 is 1.04 bits per heavy atom. The summed E-state index contributed by atoms with van der Waals surface area (Å²) in [6.07, 6.45) is 6.39. The van der Waals surface area contributed by atoms with E-state index in [4.69, 9.17) is 4.74 Å². The monoisotopic (exact) mass is 312 g/mol. The number of benzene rings is 1. The van der Waals surface area contributed by atoms with Crippen LogP contribution in [0.15, 0.2) is 30.3 Å². The number of hydrogen-bond donors (Lipinski definition) is 2. The predicted molar refractivity (Wildman–Crippen MR) is 93.5 cm³/mol. The van der Waals surface area contributed by atoms with E-state index in [9.17, 15) is 0 Å². The molecule has 5 nitrogen and oxygen atoms in total. The average molecular weight is 312 g/mol. The minimum absolute atomic E-state index is 0.525. The highest BCUT2D eigenvalue weighted by Gasteiger charge is 2.14. The molecule has 0 radical (unpaired) electrons. The summed E-state index contributed by atoms with van der Waals surface area (Å²) in [7, 11) is 1.67. The van der Waals surface area contributed by atoms with E-state index in [1.54, 1.807) is 7.11 Å². The first kappa shape index (κ1) is 15.6. The van der Waals surface area contributed by atoms with E-state index < -0.39 is 0 Å². The normalized spacial score (nSPS) is 15.2. The van der Waals surface area contributed by atoms with Crippen molar-refractivity contribution in [3.8, 4) is 5.75 Å². The molecule has 1 aromatic heterocycles. The Morgan fingerprint density at radius 3 is 2.57 bits per heavy atom. The smallest absolute Gasteiger partial charge is 0.142 e. The Labute approximate surface area is 137 Å². The van der Waals surface area contributed by atoms with Gasteiger partial charge in [-0.15, -0.1) is 0 Å². The van der Waals surface area contributed by atoms with Crippen LogP contribution < -0.4 is 15.4 Å². The second kappa shape index (κ2) is 7.31. The number of anilines is 3. The van der Waals surface area contributed by atoms with Crippen molar-refractivity contribution >= 4 is 17.3 Å². The van der Waals surface area contributed by atoms with Crippen LogP contribution in [-0.4, -0.2) is 23.1 Å². The molecule has 0 spiro atoms. The topological polar surface area (TPSA) is 59.1 Å². The quantitative estimate of drug-likeness (QED) is 0.863. The lowest BCUT2D eigenvalue weighted by atomic mass is 9.95. The molecule has 1 fully saturated rings. The van der Waals surface area contributed by atoms with Gasteiger partial charge in [0.2, 0.25) is 0 Å². The van der Waals surface area contributed by atoms with Gasteiger partial charge in [-0.3, -0.25) is 0 Å². The zero-order chi connectivity index (χ0) is 16.1. The minimum Gasteiger partial charge on any atom is -0.495 e. The predicted octanol–water partition coefficient (Wildman–Crippen LogP) is 4.28. The van der Waals surface area contributed by atoms with Gasteiger partial charge in [-0.1, -0.05) is 31.4 Å². The second-order valence-electron chi connectivity index (χ2n) is 5.99. The van der Waals surface area contributed by atoms with Crippen LogP contribution in [0.5, 0.6) is 5.75 Å². The molecule has 23 heavy (non-hydrogen) atoms. The summed E-state index contributed by atoms with van der Waals surface area (Å²) in [5.74, 6) is 3.22. The van der Waals surface area contributed by atoms with Crippen molar-refractivity contribution in [2.45, 2.75) is 45.1 Å². The summed E-state index contributed by atoms with van der Waals surface area (Å²) in [6, 6.07) is 10.3. The maximum atomic E-state index is 5.38. The lowest BCUT2D eigenvalue weighted by molar-refractivity contribution is 0.417. The van der Waals surface area contributed by atoms with Crippen molar-refractivity contribution < 1.29 is 4.74 Å². The van der Waals surface area contributed by atoms with Crippen molar-refractivity contribution in [3.05, 3.63) is 36.2 Å². The third kappa shape index (κ3) is 4.12. The van der Waals surface area contributed by atoms with Crippen LogP contribution in [0.1, 0.15) is 37.9 Å². The standard InChI is InChI=1S/C18H24N4O/c1-13-19-17(21-14-8-4-3-5-9-14)12-18(20-13)22-15-10-6-7-11-16(15)23-2/h6-7,10-12,14H,3-5,8-9H2,1-2H3,(H2,19,20,21,22). The van der Waals surface area contributed by atoms with E-state index in [1.807, 2.05) is 37.3 Å². The molecule has 1 saturated carbocycles. The fourth-order valence-corrected chi connectivity index (χ4v) is 3.05. The fourth-order valence-electron chi connectivity index (χ4n) is 3.05. The van der Waals surface area contributed by atoms with Gasteiger partial charge in [-0.05, 0) is 31.9 Å². The van der Waals surface area contributed by atoms with Crippen molar-refractivity contribution in [2.24, 2.45) is 0 Å². The van der Waals surface area contributed by atoms with Crippen LogP contribution in [0.3, 0.4) is 0 Å². The van der Waals surface area contributed by atoms with E-state index in [1.165, 1.54) is 32.1 Å². The van der Waals surface area contributed by atoms with Crippen LogP contribution in [0.25, 0.3) is 0 Å². The lowest BCUT2D eigenvalue weighted by Gasteiger charge is -2.23. The average Bonchev–Trinajstić information content (AvgIpc) is 2.56. The first-order valence-electron chi connectivity index (χ1n) is 8.27. The molecule has 3 rings (SSSR count). The van der Waals surface area contributed by atoms with Crippen LogP contribution in [0.4, 0.5) is 17.3 Å². The number of para-hydroxylation sites is 2. The number of nitrogens with zero attached hydrogens (tertiary/aromatic N) is 2. The lowest BCUT2D eigenvalue weighted by Crippen LogP contribution is -2.23. The summed E-state index contributed by atoms with van der Waals surface area (Å²) in [4.78, 5) is 9.00. The number of aryl methyl sites for hydroxylation is 1. The fraction of sp³-hybridized carbons (Fsp3) is 0.444. The first-order chi connectivity index (χ1) is 11.2. The van der Waals surface area contributed by atoms with Gasteiger partial charge in [0.05, 0.1) is 12.8 Å². The van der Waals surface area contributed by atoms with Crippen LogP contribution >= 0.6 is 0 Å². The Bertz CT molecular complexity index is 653. The molecule has 1 aliphatic carbocycles. The third-order valence-electron chi connectivity index (χ3n) is 4.16. The zero-order valence-corrected chi connectivity index (χ0v) is 13.8. The van der Waals surface area contributed by atoms with Gasteiger partial charge in [-0.2, -0.15) is 0 Å². The van der Waals surface area contributed by atoms with E-state index >= 15 is 0 Å². The van der Waals surface area contributed by atoms with Gasteiger partial charge in [0.15, 0.2) is 0 Å². The molecule has 0 unspecified atom stereocenters. The summed E-state index contributed by atoms with van der Waals surface area (Å²) >= 11 is 0. The van der Waals surface area contributed by atoms with Gasteiger partial charge in [0.25, 0.3) is 0 Å². The molecule has 0 amide bonds. The number of ether oxygens (including phenoxy) is 1. The summed E-state index contributed by atoms with van der Waals surface area (Å²) < 4.78 is 5.38. The van der Waals surface area contributed by atoms with Gasteiger partial charge in [0.1, 0.15) is 23.2 Å². The van der Waals surface area contributed by atoms with E-state index in [0.717, 1.165) is 28.9 Å². The highest BCUT2D eigenvalue weighted by Crippen LogP contribution is 2.27. The van der Waals surface area contributed by atoms with E-state index in [-0.39, 0.29) is 0 Å². The molecule has 0 saturated heterocycles. The molecule has 1 aromatic carbocycles. The Kier molecular flexibility index (Phi) is 4.95. The van der Waals surface area contributed by atoms with Crippen molar-refractivity contribution in [1.82, 2.24) is 9.97 Å². The summed E-state index contributed by atoms with van der Waals surface area (Å²) in [6.45, 7) is 1.92. The molecular formula is C18H24N4O. The van der Waals surface area contributed by atoms with E-state index in [0.29, 0.717) is 6.04 Å². The Hall–Kier alpha value is -2.30. The highest BCUT2D eigenvalue weighted by molar-refractivity contribution is 5.65. The van der Waals surface area contributed by atoms with Crippen molar-refractivity contribution in [1.29, 1.82) is 0 Å². The maximum absolute atomic E-state index is 5.38. The zero-order valence-electron chi connectivity index (χ0n) is 13.8. The van der Waals surface area contributed by atoms with Gasteiger partial charge in [0, 0.05) is 12.1 Å². The van der Waals surface area contributed by atoms with Crippen LogP contribution in [0, 0.1) is 6.92 Å². The summed E-state index contributed by atoms with van der Waals surface area (Å²) in [5.41, 5.74) is 0.900. The summed E-state index contributed by atoms with van der Waals surface area (Å²) in [5, 5.41) is 6.88. The van der Waals surface area contributed by atoms with Gasteiger partial charge >= 0.3 is 0 Å². The molecule has 0 atom stereocenters. The first-order valence-corrected chi connectivity index (χ1v) is 8.27. The van der Waals surface area contributed by atoms with Gasteiger partial charge in [-0.25, -0.2) is 9.97 Å². The molecule has 5 heteroatoms. The molecule has 2 aromatic rings. The molecular weight excluding hydrogens is 288 g/mol. The third-order valence-corrected chi connectivity index (χ3v) is 4.16. The van der Waals surface area contributed by atoms with Crippen LogP contribution in [-0.2, 0) is 0 Å². The Balaban J connectivity index is 1.77. The Morgan fingerprint density at radius 2 is 1.78 bits per heavy atom. The number of methoxy groups -OCH3 is 1. The molecule has 2 N–H and O–H groups in total. The molecule has 0 aliphatic heterocycles. The van der Waals surface area contributed by atoms with Gasteiger partial charge < -0.3 is 15.4 Å². The number of hydrogen-bond acceptors (Lipinski definition) is 5. The number of nitrogens with one attached hydrogen (secondary N) is 2. The SMILES string of the molecule is COc1ccccc1Nc1cc(NC2CCCCC2)nc(C)n1. The van der Waals surface area contributed by atoms with E-state index in [2.05, 4.69) is 20.6 Å². The maximum Gasteiger partial charge on any atom is 0.142 e. The molecule has 0 bridgehead atoms. The molecule has 122 valence electrons. The molecule has 1 aliphatic rings.